The Kier molecular flexibility index (Phi) is 3.78. The van der Waals surface area contributed by atoms with Crippen LogP contribution < -0.4 is 0 Å². The first-order valence-corrected chi connectivity index (χ1v) is 6.96. The van der Waals surface area contributed by atoms with Gasteiger partial charge in [0.15, 0.2) is 0 Å². The fourth-order valence-corrected chi connectivity index (χ4v) is 2.82. The Labute approximate surface area is 116 Å². The lowest BCUT2D eigenvalue weighted by Gasteiger charge is -2.36. The van der Waals surface area contributed by atoms with E-state index in [0.717, 1.165) is 10.0 Å². The molecule has 0 radical (unpaired) electrons. The molecule has 18 heavy (non-hydrogen) atoms. The van der Waals surface area contributed by atoms with Gasteiger partial charge in [0.1, 0.15) is 0 Å². The summed E-state index contributed by atoms with van der Waals surface area (Å²) in [7, 11) is 0. The van der Waals surface area contributed by atoms with Crippen LogP contribution in [-0.2, 0) is 0 Å². The minimum absolute atomic E-state index is 0.0392. The Balaban J connectivity index is 2.13. The molecule has 1 N–H and O–H groups in total. The summed E-state index contributed by atoms with van der Waals surface area (Å²) >= 11 is 3.44. The third-order valence-corrected chi connectivity index (χ3v) is 4.14. The van der Waals surface area contributed by atoms with Crippen molar-refractivity contribution in [2.45, 2.75) is 32.3 Å². The zero-order chi connectivity index (χ0) is 13.3. The van der Waals surface area contributed by atoms with Gasteiger partial charge in [-0.1, -0.05) is 6.07 Å². The number of nitrogens with zero attached hydrogens (tertiary/aromatic N) is 1. The molecule has 1 heterocycles. The average molecular weight is 312 g/mol. The van der Waals surface area contributed by atoms with Gasteiger partial charge in [-0.2, -0.15) is 0 Å². The van der Waals surface area contributed by atoms with Crippen molar-refractivity contribution < 1.29 is 9.90 Å². The summed E-state index contributed by atoms with van der Waals surface area (Å²) in [6.45, 7) is 5.06. The molecule has 1 aliphatic heterocycles. The predicted octanol–water partition coefficient (Wildman–Crippen LogP) is 2.74. The van der Waals surface area contributed by atoms with E-state index >= 15 is 0 Å². The molecule has 1 saturated heterocycles. The summed E-state index contributed by atoms with van der Waals surface area (Å²) < 4.78 is 0.838. The Morgan fingerprint density at radius 3 is 2.56 bits per heavy atom. The quantitative estimate of drug-likeness (QED) is 0.866. The zero-order valence-corrected chi connectivity index (χ0v) is 12.3. The molecule has 2 rings (SSSR count). The number of rotatable bonds is 1. The van der Waals surface area contributed by atoms with Crippen molar-refractivity contribution in [2.75, 3.05) is 13.1 Å². The largest absolute Gasteiger partial charge is 0.390 e. The van der Waals surface area contributed by atoms with Crippen molar-refractivity contribution in [1.29, 1.82) is 0 Å². The Morgan fingerprint density at radius 1 is 1.39 bits per heavy atom. The highest BCUT2D eigenvalue weighted by Gasteiger charge is 2.30. The highest BCUT2D eigenvalue weighted by atomic mass is 79.9. The van der Waals surface area contributed by atoms with Gasteiger partial charge < -0.3 is 10.0 Å². The Bertz CT molecular complexity index is 461. The van der Waals surface area contributed by atoms with E-state index in [0.29, 0.717) is 31.5 Å². The van der Waals surface area contributed by atoms with Crippen LogP contribution in [0.2, 0.25) is 0 Å². The maximum absolute atomic E-state index is 12.4. The van der Waals surface area contributed by atoms with Crippen LogP contribution in [-0.4, -0.2) is 34.6 Å². The van der Waals surface area contributed by atoms with Crippen LogP contribution in [0.1, 0.15) is 35.7 Å². The average Bonchev–Trinajstić information content (AvgIpc) is 2.28. The van der Waals surface area contributed by atoms with Gasteiger partial charge in [0.25, 0.3) is 5.91 Å². The van der Waals surface area contributed by atoms with Crippen LogP contribution in [0.4, 0.5) is 0 Å². The number of carbonyl (C=O) groups is 1. The van der Waals surface area contributed by atoms with Crippen molar-refractivity contribution in [3.63, 3.8) is 0 Å². The van der Waals surface area contributed by atoms with Gasteiger partial charge in [-0.3, -0.25) is 4.79 Å². The maximum Gasteiger partial charge on any atom is 0.255 e. The van der Waals surface area contributed by atoms with E-state index in [4.69, 9.17) is 0 Å². The molecular weight excluding hydrogens is 294 g/mol. The van der Waals surface area contributed by atoms with Crippen molar-refractivity contribution in [2.24, 2.45) is 0 Å². The van der Waals surface area contributed by atoms with E-state index in [1.165, 1.54) is 0 Å². The second-order valence-corrected chi connectivity index (χ2v) is 6.13. The van der Waals surface area contributed by atoms with E-state index in [-0.39, 0.29) is 5.91 Å². The van der Waals surface area contributed by atoms with Gasteiger partial charge in [-0.25, -0.2) is 0 Å². The van der Waals surface area contributed by atoms with Gasteiger partial charge in [-0.15, -0.1) is 0 Å². The van der Waals surface area contributed by atoms with Crippen LogP contribution in [0.5, 0.6) is 0 Å². The molecular formula is C14H18BrNO2. The SMILES string of the molecule is Cc1ccc(C(=O)N2CCC(C)(O)CC2)c(Br)c1. The number of hydrogen-bond donors (Lipinski definition) is 1. The minimum atomic E-state index is -0.624. The molecule has 0 spiro atoms. The van der Waals surface area contributed by atoms with E-state index in [1.54, 1.807) is 0 Å². The smallest absolute Gasteiger partial charge is 0.255 e. The summed E-state index contributed by atoms with van der Waals surface area (Å²) in [4.78, 5) is 14.2. The predicted molar refractivity (Wildman–Crippen MR) is 74.6 cm³/mol. The highest BCUT2D eigenvalue weighted by molar-refractivity contribution is 9.10. The van der Waals surface area contributed by atoms with Gasteiger partial charge in [0, 0.05) is 17.6 Å². The number of carbonyl (C=O) groups excluding carboxylic acids is 1. The number of likely N-dealkylation sites (tertiary alicyclic amines) is 1. The third kappa shape index (κ3) is 2.93. The summed E-state index contributed by atoms with van der Waals surface area (Å²) in [6.07, 6.45) is 1.28. The second kappa shape index (κ2) is 5.02. The van der Waals surface area contributed by atoms with Crippen molar-refractivity contribution in [3.05, 3.63) is 33.8 Å². The lowest BCUT2D eigenvalue weighted by atomic mass is 9.93. The first-order valence-electron chi connectivity index (χ1n) is 6.17. The second-order valence-electron chi connectivity index (χ2n) is 5.27. The van der Waals surface area contributed by atoms with Crippen LogP contribution in [0.25, 0.3) is 0 Å². The number of hydrogen-bond acceptors (Lipinski definition) is 2. The number of piperidine rings is 1. The molecule has 1 aromatic rings. The molecule has 3 nitrogen and oxygen atoms in total. The topological polar surface area (TPSA) is 40.5 Å². The summed E-state index contributed by atoms with van der Waals surface area (Å²) in [5, 5.41) is 9.89. The van der Waals surface area contributed by atoms with Gasteiger partial charge in [-0.05, 0) is 60.3 Å². The summed E-state index contributed by atoms with van der Waals surface area (Å²) in [5.74, 6) is 0.0392. The molecule has 0 atom stereocenters. The normalized spacial score (nSPS) is 18.8. The zero-order valence-electron chi connectivity index (χ0n) is 10.7. The monoisotopic (exact) mass is 311 g/mol. The lowest BCUT2D eigenvalue weighted by Crippen LogP contribution is -2.45. The first kappa shape index (κ1) is 13.6. The molecule has 0 unspecified atom stereocenters. The van der Waals surface area contributed by atoms with Gasteiger partial charge in [0.05, 0.1) is 11.2 Å². The number of aliphatic hydroxyl groups is 1. The molecule has 1 fully saturated rings. The first-order chi connectivity index (χ1) is 8.39. The van der Waals surface area contributed by atoms with E-state index in [9.17, 15) is 9.90 Å². The molecule has 4 heteroatoms. The molecule has 1 amide bonds. The van der Waals surface area contributed by atoms with Gasteiger partial charge >= 0.3 is 0 Å². The number of benzene rings is 1. The van der Waals surface area contributed by atoms with Crippen molar-refractivity contribution >= 4 is 21.8 Å². The number of amides is 1. The number of aryl methyl sites for hydroxylation is 1. The van der Waals surface area contributed by atoms with E-state index in [1.807, 2.05) is 36.9 Å². The molecule has 1 aromatic carbocycles. The Morgan fingerprint density at radius 2 is 2.00 bits per heavy atom. The summed E-state index contributed by atoms with van der Waals surface area (Å²) in [5.41, 5.74) is 1.20. The fourth-order valence-electron chi connectivity index (χ4n) is 2.16. The van der Waals surface area contributed by atoms with Crippen molar-refractivity contribution in [3.8, 4) is 0 Å². The van der Waals surface area contributed by atoms with E-state index in [2.05, 4.69) is 15.9 Å². The Hall–Kier alpha value is -0.870. The maximum atomic E-state index is 12.4. The fraction of sp³-hybridized carbons (Fsp3) is 0.500. The lowest BCUT2D eigenvalue weighted by molar-refractivity contribution is -0.00204. The van der Waals surface area contributed by atoms with Crippen LogP contribution in [0, 0.1) is 6.92 Å². The molecule has 98 valence electrons. The van der Waals surface area contributed by atoms with Crippen LogP contribution in [0.15, 0.2) is 22.7 Å². The van der Waals surface area contributed by atoms with Crippen LogP contribution >= 0.6 is 15.9 Å². The highest BCUT2D eigenvalue weighted by Crippen LogP contribution is 2.25. The number of halogens is 1. The molecule has 0 aromatic heterocycles. The molecule has 0 bridgehead atoms. The van der Waals surface area contributed by atoms with E-state index < -0.39 is 5.60 Å². The third-order valence-electron chi connectivity index (χ3n) is 3.48. The van der Waals surface area contributed by atoms with Gasteiger partial charge in [0.2, 0.25) is 0 Å². The van der Waals surface area contributed by atoms with Crippen LogP contribution in [0.3, 0.4) is 0 Å². The minimum Gasteiger partial charge on any atom is -0.390 e. The molecule has 0 aliphatic carbocycles. The molecule has 1 aliphatic rings. The standard InChI is InChI=1S/C14H18BrNO2/c1-10-3-4-11(12(15)9-10)13(17)16-7-5-14(2,18)6-8-16/h3-4,9,18H,5-8H2,1-2H3. The summed E-state index contributed by atoms with van der Waals surface area (Å²) in [6, 6.07) is 5.75. The molecule has 0 saturated carbocycles. The van der Waals surface area contributed by atoms with Crippen molar-refractivity contribution in [1.82, 2.24) is 4.90 Å².